The molecule has 30 heavy (non-hydrogen) atoms. The van der Waals surface area contributed by atoms with Crippen LogP contribution in [0.25, 0.3) is 0 Å². The molecule has 4 nitrogen and oxygen atoms in total. The van der Waals surface area contributed by atoms with Crippen LogP contribution in [0, 0.1) is 34.5 Å². The van der Waals surface area contributed by atoms with Crippen molar-refractivity contribution in [1.82, 2.24) is 0 Å². The normalized spacial score (nSPS) is 42.7. The summed E-state index contributed by atoms with van der Waals surface area (Å²) >= 11 is 0. The molecule has 0 heterocycles. The van der Waals surface area contributed by atoms with Gasteiger partial charge in [-0.1, -0.05) is 25.5 Å². The van der Waals surface area contributed by atoms with Crippen LogP contribution in [-0.2, 0) is 19.0 Å². The first kappa shape index (κ1) is 22.3. The predicted molar refractivity (Wildman–Crippen MR) is 118 cm³/mol. The highest BCUT2D eigenvalue weighted by Gasteiger charge is 2.58. The van der Waals surface area contributed by atoms with Crippen LogP contribution in [0.1, 0.15) is 79.1 Å². The molecule has 0 aromatic rings. The number of rotatable bonds is 7. The SMILES string of the molecule is CCOCCOC[C@H]1CC[C@H]2[C@@H]3CC=C4C[C@@H](OC(C)=O)CC[C@]4(C)[C@H]3CC[C@]12C. The number of ether oxygens (including phenoxy) is 3. The summed E-state index contributed by atoms with van der Waals surface area (Å²) < 4.78 is 17.1. The largest absolute Gasteiger partial charge is 0.462 e. The van der Waals surface area contributed by atoms with Crippen LogP contribution in [-0.4, -0.2) is 38.5 Å². The minimum atomic E-state index is -0.133. The fraction of sp³-hybridized carbons (Fsp3) is 0.885. The maximum atomic E-state index is 11.4. The van der Waals surface area contributed by atoms with E-state index in [1.807, 2.05) is 6.92 Å². The number of hydrogen-bond acceptors (Lipinski definition) is 4. The van der Waals surface area contributed by atoms with Crippen molar-refractivity contribution in [2.24, 2.45) is 34.5 Å². The Kier molecular flexibility index (Phi) is 6.65. The van der Waals surface area contributed by atoms with Crippen molar-refractivity contribution in [2.75, 3.05) is 26.4 Å². The monoisotopic (exact) mass is 418 g/mol. The standard InChI is InChI=1S/C26H42O4/c1-5-28-14-15-29-17-20-7-9-23-22-8-6-19-16-21(30-18(2)27)10-12-25(19,3)24(22)11-13-26(20,23)4/h6,20-24H,5,7-17H2,1-4H3/t20-,21+,22+,23+,24+,25+,26-/m1/s1. The van der Waals surface area contributed by atoms with Gasteiger partial charge >= 0.3 is 5.97 Å². The first-order valence-electron chi connectivity index (χ1n) is 12.4. The van der Waals surface area contributed by atoms with E-state index in [0.29, 0.717) is 23.4 Å². The summed E-state index contributed by atoms with van der Waals surface area (Å²) in [5, 5.41) is 0. The Morgan fingerprint density at radius 1 is 1.07 bits per heavy atom. The van der Waals surface area contributed by atoms with E-state index in [0.717, 1.165) is 50.4 Å². The van der Waals surface area contributed by atoms with Crippen LogP contribution in [0.3, 0.4) is 0 Å². The minimum Gasteiger partial charge on any atom is -0.462 e. The molecule has 0 radical (unpaired) electrons. The zero-order chi connectivity index (χ0) is 21.4. The highest BCUT2D eigenvalue weighted by atomic mass is 16.5. The van der Waals surface area contributed by atoms with Gasteiger partial charge in [0.05, 0.1) is 19.8 Å². The van der Waals surface area contributed by atoms with Crippen LogP contribution in [0.4, 0.5) is 0 Å². The molecule has 0 saturated heterocycles. The molecule has 7 atom stereocenters. The van der Waals surface area contributed by atoms with Gasteiger partial charge in [-0.05, 0) is 86.4 Å². The Hall–Kier alpha value is -0.870. The van der Waals surface area contributed by atoms with E-state index in [2.05, 4.69) is 19.9 Å². The average Bonchev–Trinajstić information content (AvgIpc) is 3.04. The maximum Gasteiger partial charge on any atom is 0.302 e. The van der Waals surface area contributed by atoms with Crippen LogP contribution >= 0.6 is 0 Å². The fourth-order valence-corrected chi connectivity index (χ4v) is 7.83. The first-order valence-corrected chi connectivity index (χ1v) is 12.4. The molecule has 0 spiro atoms. The Balaban J connectivity index is 1.42. The van der Waals surface area contributed by atoms with E-state index < -0.39 is 0 Å². The second kappa shape index (κ2) is 8.94. The summed E-state index contributed by atoms with van der Waals surface area (Å²) in [6.45, 7) is 11.8. The van der Waals surface area contributed by atoms with Gasteiger partial charge in [0.2, 0.25) is 0 Å². The van der Waals surface area contributed by atoms with Gasteiger partial charge in [-0.2, -0.15) is 0 Å². The van der Waals surface area contributed by atoms with E-state index in [1.54, 1.807) is 5.57 Å². The topological polar surface area (TPSA) is 44.8 Å². The number of carbonyl (C=O) groups is 1. The smallest absolute Gasteiger partial charge is 0.302 e. The third kappa shape index (κ3) is 3.99. The van der Waals surface area contributed by atoms with Crippen LogP contribution in [0.5, 0.6) is 0 Å². The second-order valence-electron chi connectivity index (χ2n) is 10.8. The number of hydrogen-bond donors (Lipinski definition) is 0. The Bertz CT molecular complexity index is 657. The zero-order valence-electron chi connectivity index (χ0n) is 19.6. The van der Waals surface area contributed by atoms with Gasteiger partial charge in [0.25, 0.3) is 0 Å². The third-order valence-electron chi connectivity index (χ3n) is 9.48. The number of allylic oxidation sites excluding steroid dienone is 1. The van der Waals surface area contributed by atoms with Crippen molar-refractivity contribution in [3.8, 4) is 0 Å². The summed E-state index contributed by atoms with van der Waals surface area (Å²) in [6.07, 6.45) is 12.4. The lowest BCUT2D eigenvalue weighted by Crippen LogP contribution is -2.50. The maximum absolute atomic E-state index is 11.4. The fourth-order valence-electron chi connectivity index (χ4n) is 7.83. The van der Waals surface area contributed by atoms with E-state index >= 15 is 0 Å². The Morgan fingerprint density at radius 2 is 1.87 bits per heavy atom. The van der Waals surface area contributed by atoms with Crippen LogP contribution in [0.15, 0.2) is 11.6 Å². The molecule has 4 heteroatoms. The third-order valence-corrected chi connectivity index (χ3v) is 9.48. The number of esters is 1. The van der Waals surface area contributed by atoms with Crippen molar-refractivity contribution in [3.05, 3.63) is 11.6 Å². The molecule has 3 fully saturated rings. The molecular formula is C26H42O4. The van der Waals surface area contributed by atoms with E-state index in [-0.39, 0.29) is 12.1 Å². The number of fused-ring (bicyclic) bond motifs is 5. The molecule has 0 bridgehead atoms. The zero-order valence-corrected chi connectivity index (χ0v) is 19.6. The molecule has 0 aliphatic heterocycles. The Morgan fingerprint density at radius 3 is 2.63 bits per heavy atom. The highest BCUT2D eigenvalue weighted by Crippen LogP contribution is 2.66. The quantitative estimate of drug-likeness (QED) is 0.309. The van der Waals surface area contributed by atoms with Crippen molar-refractivity contribution >= 4 is 5.97 Å². The van der Waals surface area contributed by atoms with Crippen molar-refractivity contribution in [1.29, 1.82) is 0 Å². The van der Waals surface area contributed by atoms with Crippen molar-refractivity contribution in [2.45, 2.75) is 85.2 Å². The molecule has 0 amide bonds. The lowest BCUT2D eigenvalue weighted by molar-refractivity contribution is -0.148. The van der Waals surface area contributed by atoms with Crippen LogP contribution in [0.2, 0.25) is 0 Å². The van der Waals surface area contributed by atoms with Gasteiger partial charge in [0.15, 0.2) is 0 Å². The minimum absolute atomic E-state index is 0.0944. The molecule has 170 valence electrons. The lowest BCUT2D eigenvalue weighted by Gasteiger charge is -2.58. The predicted octanol–water partition coefficient (Wildman–Crippen LogP) is 5.55. The average molecular weight is 419 g/mol. The van der Waals surface area contributed by atoms with Gasteiger partial charge in [0, 0.05) is 20.0 Å². The van der Waals surface area contributed by atoms with E-state index in [4.69, 9.17) is 14.2 Å². The summed E-state index contributed by atoms with van der Waals surface area (Å²) in [4.78, 5) is 11.4. The van der Waals surface area contributed by atoms with Crippen molar-refractivity contribution in [3.63, 3.8) is 0 Å². The lowest BCUT2D eigenvalue weighted by atomic mass is 9.47. The first-order chi connectivity index (χ1) is 14.4. The van der Waals surface area contributed by atoms with Gasteiger partial charge in [-0.3, -0.25) is 4.79 Å². The summed E-state index contributed by atoms with van der Waals surface area (Å²) in [7, 11) is 0. The molecule has 4 aliphatic carbocycles. The second-order valence-corrected chi connectivity index (χ2v) is 10.8. The van der Waals surface area contributed by atoms with E-state index in [9.17, 15) is 4.79 Å². The molecule has 4 aliphatic rings. The summed E-state index contributed by atoms with van der Waals surface area (Å²) in [5.74, 6) is 3.01. The van der Waals surface area contributed by atoms with Gasteiger partial charge in [0.1, 0.15) is 6.10 Å². The Labute approximate surface area is 183 Å². The van der Waals surface area contributed by atoms with Gasteiger partial charge in [-0.15, -0.1) is 0 Å². The molecular weight excluding hydrogens is 376 g/mol. The molecule has 0 aromatic heterocycles. The molecule has 0 unspecified atom stereocenters. The van der Waals surface area contributed by atoms with Crippen molar-refractivity contribution < 1.29 is 19.0 Å². The summed E-state index contributed by atoms with van der Waals surface area (Å²) in [6, 6.07) is 0. The molecule has 3 saturated carbocycles. The van der Waals surface area contributed by atoms with E-state index in [1.165, 1.54) is 45.4 Å². The molecule has 4 rings (SSSR count). The molecule has 0 N–H and O–H groups in total. The molecule has 0 aromatic carbocycles. The van der Waals surface area contributed by atoms with Gasteiger partial charge < -0.3 is 14.2 Å². The summed E-state index contributed by atoms with van der Waals surface area (Å²) in [5.41, 5.74) is 2.33. The number of carbonyl (C=O) groups excluding carboxylic acids is 1. The van der Waals surface area contributed by atoms with Crippen LogP contribution < -0.4 is 0 Å². The highest BCUT2D eigenvalue weighted by molar-refractivity contribution is 5.66. The van der Waals surface area contributed by atoms with Gasteiger partial charge in [-0.25, -0.2) is 0 Å².